The van der Waals surface area contributed by atoms with Gasteiger partial charge < -0.3 is 55.1 Å². The molecule has 11 amide bonds. The van der Waals surface area contributed by atoms with Gasteiger partial charge in [0, 0.05) is 73.7 Å². The lowest BCUT2D eigenvalue weighted by Crippen LogP contribution is -2.64. The second-order valence-corrected chi connectivity index (χ2v) is 30.0. The molecule has 6 rings (SSSR count). The molecule has 22 nitrogen and oxygen atoms in total. The minimum Gasteiger partial charge on any atom is -0.343 e. The van der Waals surface area contributed by atoms with Crippen molar-refractivity contribution in [3.8, 4) is 0 Å². The molecule has 4 saturated carbocycles. The quantitative estimate of drug-likeness (QED) is 0.203. The number of carbonyl (C=O) groups is 11. The van der Waals surface area contributed by atoms with E-state index in [0.29, 0.717) is 44.4 Å². The van der Waals surface area contributed by atoms with Gasteiger partial charge in [-0.05, 0) is 126 Å². The Bertz CT molecular complexity index is 2690. The van der Waals surface area contributed by atoms with Crippen molar-refractivity contribution in [2.75, 3.05) is 75.5 Å². The number of halogens is 4. The number of carbonyl (C=O) groups excluding carboxylic acids is 11. The molecule has 3 unspecified atom stereocenters. The van der Waals surface area contributed by atoms with E-state index in [0.717, 1.165) is 43.4 Å². The highest BCUT2D eigenvalue weighted by molar-refractivity contribution is 6.20. The number of rotatable bonds is 10. The summed E-state index contributed by atoms with van der Waals surface area (Å²) in [5, 5.41) is 7.65. The Labute approximate surface area is 560 Å². The first-order valence-electron chi connectivity index (χ1n) is 34.8. The number of alkyl halides is 4. The van der Waals surface area contributed by atoms with Gasteiger partial charge in [0.15, 0.2) is 0 Å². The van der Waals surface area contributed by atoms with Crippen LogP contribution in [0.4, 0.5) is 13.2 Å². The van der Waals surface area contributed by atoms with Gasteiger partial charge in [0.05, 0.1) is 25.6 Å². The summed E-state index contributed by atoms with van der Waals surface area (Å²) in [5.74, 6) is -8.57. The average molecular weight is 1350 g/mol. The predicted octanol–water partition coefficient (Wildman–Crippen LogP) is 6.35. The maximum absolute atomic E-state index is 15.4. The van der Waals surface area contributed by atoms with E-state index in [1.54, 1.807) is 27.9 Å². The zero-order chi connectivity index (χ0) is 69.8. The first-order valence-corrected chi connectivity index (χ1v) is 35.3. The van der Waals surface area contributed by atoms with Gasteiger partial charge in [0.2, 0.25) is 65.0 Å². The molecule has 2 saturated heterocycles. The van der Waals surface area contributed by atoms with Crippen molar-refractivity contribution in [3.63, 3.8) is 0 Å². The van der Waals surface area contributed by atoms with Crippen LogP contribution in [0, 0.1) is 41.4 Å². The Hall–Kier alpha value is -5.75. The molecule has 26 heteroatoms. The van der Waals surface area contributed by atoms with Gasteiger partial charge in [0.1, 0.15) is 41.8 Å². The molecule has 3 N–H and O–H groups in total. The number of hydrogen-bond donors (Lipinski definition) is 3. The van der Waals surface area contributed by atoms with E-state index >= 15 is 14.4 Å². The third kappa shape index (κ3) is 19.5. The van der Waals surface area contributed by atoms with Crippen LogP contribution in [0.3, 0.4) is 0 Å². The molecule has 0 aromatic rings. The van der Waals surface area contributed by atoms with Crippen LogP contribution < -0.4 is 16.0 Å². The summed E-state index contributed by atoms with van der Waals surface area (Å²) >= 11 is 6.39. The number of hydrogen-bond acceptors (Lipinski definition) is 11. The van der Waals surface area contributed by atoms with E-state index in [9.17, 15) is 51.5 Å². The van der Waals surface area contributed by atoms with Crippen molar-refractivity contribution in [3.05, 3.63) is 0 Å². The summed E-state index contributed by atoms with van der Waals surface area (Å²) in [6.45, 7) is 9.88. The van der Waals surface area contributed by atoms with Crippen molar-refractivity contribution in [1.82, 2.24) is 55.1 Å². The monoisotopic (exact) mass is 1350 g/mol. The number of nitrogens with zero attached hydrogens (tertiary/aromatic N) is 8. The zero-order valence-electron chi connectivity index (χ0n) is 58.3. The highest BCUT2D eigenvalue weighted by atomic mass is 35.5. The topological polar surface area (TPSA) is 250 Å². The van der Waals surface area contributed by atoms with E-state index in [4.69, 9.17) is 11.6 Å². The van der Waals surface area contributed by atoms with Crippen LogP contribution in [0.25, 0.3) is 0 Å². The van der Waals surface area contributed by atoms with Crippen LogP contribution in [0.5, 0.6) is 0 Å². The average Bonchev–Trinajstić information content (AvgIpc) is 1.52. The Balaban J connectivity index is 1.37. The molecule has 94 heavy (non-hydrogen) atoms. The summed E-state index contributed by atoms with van der Waals surface area (Å²) in [7, 11) is 10.4. The number of fused-ring (bicyclic) bond motifs is 1. The molecule has 1 spiro atoms. The standard InChI is InChI=1S/C68H111ClF3N11O11/c1-14-43(5)58-64(92)78(9)39-56(86)76(7)40-57(87)81(12)53(37-46-25-23-42(4)24-26-46)63(91)77(8)38-54(84)73-50(30-28-45-27-29-48(49(69)36-45)68(70,71)72)62(90)83-33-19-22-51(83)61(89)75-67(31-17-18-32-67)66(94)82(13)59(47-20-15-16-21-47)65(93)79(10)44(6)35-55(85)80(11)52(34-41(2)3)60(88)74-58/h41-53,58-59H,14-40H2,1-13H3,(H,73,84)(H,74,88)(H,75,89)/t42?,43-,44+,45?,46?,48?,49?,50-,51-,52-,53-,58-,59-/m0/s1. The summed E-state index contributed by atoms with van der Waals surface area (Å²) in [4.78, 5) is 172. The summed E-state index contributed by atoms with van der Waals surface area (Å²) < 4.78 is 41.9. The predicted molar refractivity (Wildman–Crippen MR) is 350 cm³/mol. The molecule has 6 fully saturated rings. The third-order valence-corrected chi connectivity index (χ3v) is 22.4. The summed E-state index contributed by atoms with van der Waals surface area (Å²) in [6, 6.07) is -7.39. The van der Waals surface area contributed by atoms with Crippen LogP contribution in [-0.2, 0) is 52.7 Å². The van der Waals surface area contributed by atoms with E-state index < -0.39 is 156 Å². The lowest BCUT2D eigenvalue weighted by molar-refractivity contribution is -0.182. The van der Waals surface area contributed by atoms with Gasteiger partial charge in [-0.15, -0.1) is 11.6 Å². The van der Waals surface area contributed by atoms with Gasteiger partial charge >= 0.3 is 6.18 Å². The molecule has 11 atom stereocenters. The first-order chi connectivity index (χ1) is 44.1. The number of amides is 11. The Kier molecular flexibility index (Phi) is 27.9. The maximum Gasteiger partial charge on any atom is 0.393 e. The van der Waals surface area contributed by atoms with E-state index in [-0.39, 0.29) is 101 Å². The molecule has 532 valence electrons. The largest absolute Gasteiger partial charge is 0.393 e. The van der Waals surface area contributed by atoms with Crippen LogP contribution in [0.15, 0.2) is 0 Å². The van der Waals surface area contributed by atoms with Gasteiger partial charge in [-0.2, -0.15) is 13.2 Å². The minimum atomic E-state index is -4.49. The van der Waals surface area contributed by atoms with E-state index in [1.165, 1.54) is 69.5 Å². The van der Waals surface area contributed by atoms with E-state index in [1.807, 2.05) is 20.8 Å². The Morgan fingerprint density at radius 1 is 0.596 bits per heavy atom. The van der Waals surface area contributed by atoms with Crippen molar-refractivity contribution in [2.45, 2.75) is 249 Å². The van der Waals surface area contributed by atoms with Gasteiger partial charge in [0.25, 0.3) is 0 Å². The summed E-state index contributed by atoms with van der Waals surface area (Å²) in [6.07, 6.45) is 4.94. The highest BCUT2D eigenvalue weighted by Crippen LogP contribution is 2.44. The first kappa shape index (κ1) is 77.3. The molecule has 6 aliphatic rings. The van der Waals surface area contributed by atoms with E-state index in [2.05, 4.69) is 22.9 Å². The lowest BCUT2D eigenvalue weighted by Gasteiger charge is -2.41. The normalized spacial score (nSPS) is 31.6. The van der Waals surface area contributed by atoms with Crippen LogP contribution in [-0.4, -0.2) is 239 Å². The molecule has 0 bridgehead atoms. The van der Waals surface area contributed by atoms with Gasteiger partial charge in [-0.25, -0.2) is 0 Å². The minimum absolute atomic E-state index is 0.0176. The molecule has 2 aliphatic heterocycles. The van der Waals surface area contributed by atoms with Crippen LogP contribution in [0.1, 0.15) is 189 Å². The molecular formula is C68H111ClF3N11O11. The highest BCUT2D eigenvalue weighted by Gasteiger charge is 2.52. The van der Waals surface area contributed by atoms with Gasteiger partial charge in [-0.3, -0.25) is 52.7 Å². The molecule has 0 aromatic heterocycles. The Morgan fingerprint density at radius 2 is 1.19 bits per heavy atom. The lowest BCUT2D eigenvalue weighted by atomic mass is 9.78. The second kappa shape index (κ2) is 34.0. The maximum atomic E-state index is 15.4. The fraction of sp³-hybridized carbons (Fsp3) is 0.838. The molecule has 0 radical (unpaired) electrons. The SMILES string of the molecule is CC[C@H](C)[C@@H]1NC(=O)[C@H](CC(C)C)N(C)C(=O)C[C@@H](C)N(C)C(=O)[C@H](C2CCCC2)N(C)C(=O)C2(CCCC2)NC(=O)[C@@H]2CCCN2C(=O)[C@H](CCC2CCC(C(F)(F)F)C(Cl)C2)NC(=O)CN(C)C(=O)[C@H](CC2CCC(C)CC2)N(C)C(=O)CN(C)C(=O)CN(C)C1=O. The molecule has 4 aliphatic carbocycles. The van der Waals surface area contributed by atoms with Crippen molar-refractivity contribution < 1.29 is 65.9 Å². The smallest absolute Gasteiger partial charge is 0.343 e. The number of likely N-dealkylation sites (N-methyl/N-ethyl adjacent to an activating group) is 7. The summed E-state index contributed by atoms with van der Waals surface area (Å²) in [5.41, 5.74) is -1.46. The fourth-order valence-corrected chi connectivity index (χ4v) is 15.9. The fourth-order valence-electron chi connectivity index (χ4n) is 15.4. The van der Waals surface area contributed by atoms with Crippen LogP contribution >= 0.6 is 11.6 Å². The van der Waals surface area contributed by atoms with Gasteiger partial charge in [-0.1, -0.05) is 92.4 Å². The second-order valence-electron chi connectivity index (χ2n) is 29.5. The Morgan fingerprint density at radius 3 is 1.79 bits per heavy atom. The van der Waals surface area contributed by atoms with Crippen LogP contribution in [0.2, 0.25) is 0 Å². The molecular weight excluding hydrogens is 1240 g/mol. The zero-order valence-corrected chi connectivity index (χ0v) is 59.1. The van der Waals surface area contributed by atoms with Crippen molar-refractivity contribution >= 4 is 76.6 Å². The van der Waals surface area contributed by atoms with Crippen molar-refractivity contribution in [2.24, 2.45) is 41.4 Å². The van der Waals surface area contributed by atoms with Crippen molar-refractivity contribution in [1.29, 1.82) is 0 Å². The third-order valence-electron chi connectivity index (χ3n) is 22.0. The number of nitrogens with one attached hydrogen (secondary N) is 3. The molecule has 2 heterocycles. The molecule has 0 aromatic carbocycles.